The summed E-state index contributed by atoms with van der Waals surface area (Å²) in [6, 6.07) is 13.8. The number of guanidine groups is 1. The number of H-pyrrole nitrogens is 1. The van der Waals surface area contributed by atoms with Crippen LogP contribution in [0.1, 0.15) is 5.69 Å². The fraction of sp³-hybridized carbons (Fsp3) is 0. The normalized spacial score (nSPS) is 11.9. The van der Waals surface area contributed by atoms with Crippen LogP contribution >= 0.6 is 0 Å². The molecule has 1 heterocycles. The van der Waals surface area contributed by atoms with Gasteiger partial charge in [-0.25, -0.2) is 4.99 Å². The first-order chi connectivity index (χ1) is 12.1. The summed E-state index contributed by atoms with van der Waals surface area (Å²) >= 11 is 0. The van der Waals surface area contributed by atoms with Gasteiger partial charge < -0.3 is 21.9 Å². The summed E-state index contributed by atoms with van der Waals surface area (Å²) in [5.41, 5.74) is 8.55. The quantitative estimate of drug-likeness (QED) is 0.190. The third-order valence-electron chi connectivity index (χ3n) is 3.54. The largest absolute Gasteiger partial charge is 0.367 e. The standard InChI is InChI=1S/C16H15N7O2/c17-16(22-18)19-9-14-15(12-3-1-2-4-13(12)21-14)20-10-5-7-11(8-6-10)23(24)25/h1-9,20-21H,18H2,(H2,17,22). The Kier molecular flexibility index (Phi) is 4.29. The van der Waals surface area contributed by atoms with Crippen LogP contribution in [0.3, 0.4) is 0 Å². The molecule has 0 atom stereocenters. The Bertz CT molecular complexity index is 974. The number of para-hydroxylation sites is 1. The lowest BCUT2D eigenvalue weighted by Gasteiger charge is -2.06. The van der Waals surface area contributed by atoms with Crippen molar-refractivity contribution >= 4 is 40.1 Å². The molecule has 3 rings (SSSR count). The zero-order valence-electron chi connectivity index (χ0n) is 13.0. The van der Waals surface area contributed by atoms with Crippen LogP contribution in [0.4, 0.5) is 17.1 Å². The van der Waals surface area contributed by atoms with E-state index in [2.05, 4.69) is 20.4 Å². The van der Waals surface area contributed by atoms with Crippen LogP contribution in [0, 0.1) is 10.1 Å². The number of rotatable bonds is 4. The van der Waals surface area contributed by atoms with Crippen LogP contribution in [0.25, 0.3) is 10.9 Å². The molecule has 6 N–H and O–H groups in total. The molecule has 9 nitrogen and oxygen atoms in total. The Balaban J connectivity index is 2.01. The monoisotopic (exact) mass is 337 g/mol. The summed E-state index contributed by atoms with van der Waals surface area (Å²) in [6.45, 7) is 0. The van der Waals surface area contributed by atoms with Crippen molar-refractivity contribution in [1.29, 1.82) is 0 Å². The molecule has 0 radical (unpaired) electrons. The van der Waals surface area contributed by atoms with Crippen LogP contribution in [0.15, 0.2) is 58.6 Å². The van der Waals surface area contributed by atoms with Crippen molar-refractivity contribution in [2.45, 2.75) is 0 Å². The van der Waals surface area contributed by atoms with Gasteiger partial charge in [0, 0.05) is 28.7 Å². The molecular weight excluding hydrogens is 322 g/mol. The average molecular weight is 337 g/mol. The number of nitrogens with one attached hydrogen (secondary N) is 2. The number of non-ortho nitro benzene ring substituents is 1. The molecule has 9 heteroatoms. The van der Waals surface area contributed by atoms with Gasteiger partial charge in [-0.15, -0.1) is 5.10 Å². The summed E-state index contributed by atoms with van der Waals surface area (Å²) in [4.78, 5) is 17.5. The van der Waals surface area contributed by atoms with E-state index >= 15 is 0 Å². The van der Waals surface area contributed by atoms with Gasteiger partial charge in [0.25, 0.3) is 5.69 Å². The lowest BCUT2D eigenvalue weighted by molar-refractivity contribution is -0.384. The number of nitrogens with two attached hydrogens (primary N) is 2. The van der Waals surface area contributed by atoms with Gasteiger partial charge in [0.1, 0.15) is 0 Å². The SMILES string of the molecule is NN=C(N)N=Cc1[nH]c2ccccc2c1Nc1ccc([N+](=O)[O-])cc1. The molecule has 1 aromatic heterocycles. The first-order valence-corrected chi connectivity index (χ1v) is 7.28. The third-order valence-corrected chi connectivity index (χ3v) is 3.54. The number of hydrogen-bond donors (Lipinski definition) is 4. The second-order valence-corrected chi connectivity index (χ2v) is 5.13. The summed E-state index contributed by atoms with van der Waals surface area (Å²) < 4.78 is 0. The maximum absolute atomic E-state index is 10.8. The molecule has 3 aromatic rings. The first-order valence-electron chi connectivity index (χ1n) is 7.28. The Morgan fingerprint density at radius 2 is 1.92 bits per heavy atom. The highest BCUT2D eigenvalue weighted by molar-refractivity contribution is 6.06. The van der Waals surface area contributed by atoms with E-state index in [4.69, 9.17) is 11.6 Å². The van der Waals surface area contributed by atoms with Crippen molar-refractivity contribution < 1.29 is 4.92 Å². The number of benzene rings is 2. The molecule has 0 unspecified atom stereocenters. The van der Waals surface area contributed by atoms with Crippen LogP contribution in [0.5, 0.6) is 0 Å². The molecule has 0 fully saturated rings. The van der Waals surface area contributed by atoms with Crippen LogP contribution in [-0.2, 0) is 0 Å². The van der Waals surface area contributed by atoms with Gasteiger partial charge in [-0.3, -0.25) is 10.1 Å². The van der Waals surface area contributed by atoms with E-state index in [0.29, 0.717) is 11.4 Å². The fourth-order valence-corrected chi connectivity index (χ4v) is 2.37. The lowest BCUT2D eigenvalue weighted by Crippen LogP contribution is -2.11. The number of nitrogens with zero attached hydrogens (tertiary/aromatic N) is 3. The van der Waals surface area contributed by atoms with E-state index in [0.717, 1.165) is 16.6 Å². The van der Waals surface area contributed by atoms with E-state index in [1.165, 1.54) is 18.3 Å². The second-order valence-electron chi connectivity index (χ2n) is 5.13. The summed E-state index contributed by atoms with van der Waals surface area (Å²) in [5.74, 6) is 5.02. The molecule has 0 amide bonds. The van der Waals surface area contributed by atoms with Crippen molar-refractivity contribution in [2.75, 3.05) is 5.32 Å². The van der Waals surface area contributed by atoms with Gasteiger partial charge in [0.05, 0.1) is 22.5 Å². The number of aromatic amines is 1. The predicted molar refractivity (Wildman–Crippen MR) is 98.1 cm³/mol. The molecule has 0 aliphatic heterocycles. The lowest BCUT2D eigenvalue weighted by atomic mass is 10.2. The molecule has 126 valence electrons. The highest BCUT2D eigenvalue weighted by atomic mass is 16.6. The molecular formula is C16H15N7O2. The molecule has 25 heavy (non-hydrogen) atoms. The van der Waals surface area contributed by atoms with Gasteiger partial charge in [-0.1, -0.05) is 18.2 Å². The fourth-order valence-electron chi connectivity index (χ4n) is 2.37. The van der Waals surface area contributed by atoms with Crippen LogP contribution in [-0.4, -0.2) is 22.1 Å². The molecule has 0 saturated carbocycles. The number of aromatic nitrogens is 1. The molecule has 0 spiro atoms. The number of aliphatic imine (C=N–C) groups is 1. The maximum atomic E-state index is 10.8. The summed E-state index contributed by atoms with van der Waals surface area (Å²) in [5, 5.41) is 18.2. The molecule has 0 bridgehead atoms. The van der Waals surface area contributed by atoms with E-state index in [1.807, 2.05) is 24.3 Å². The van der Waals surface area contributed by atoms with Gasteiger partial charge in [0.2, 0.25) is 5.96 Å². The summed E-state index contributed by atoms with van der Waals surface area (Å²) in [7, 11) is 0. The smallest absolute Gasteiger partial charge is 0.269 e. The zero-order chi connectivity index (χ0) is 17.8. The van der Waals surface area contributed by atoms with Crippen molar-refractivity contribution in [3.63, 3.8) is 0 Å². The number of hydrazone groups is 1. The van der Waals surface area contributed by atoms with Crippen LogP contribution in [0.2, 0.25) is 0 Å². The minimum atomic E-state index is -0.442. The second kappa shape index (κ2) is 6.71. The van der Waals surface area contributed by atoms with Crippen molar-refractivity contribution in [2.24, 2.45) is 21.7 Å². The van der Waals surface area contributed by atoms with Gasteiger partial charge in [0.15, 0.2) is 0 Å². The van der Waals surface area contributed by atoms with Crippen LogP contribution < -0.4 is 16.9 Å². The number of hydrogen-bond acceptors (Lipinski definition) is 5. The number of nitro benzene ring substituents is 1. The topological polar surface area (TPSA) is 148 Å². The minimum absolute atomic E-state index is 0.0261. The Morgan fingerprint density at radius 3 is 2.60 bits per heavy atom. The van der Waals surface area contributed by atoms with Gasteiger partial charge >= 0.3 is 0 Å². The zero-order valence-corrected chi connectivity index (χ0v) is 13.0. The Morgan fingerprint density at radius 1 is 1.20 bits per heavy atom. The third kappa shape index (κ3) is 3.39. The van der Waals surface area contributed by atoms with Crippen molar-refractivity contribution in [1.82, 2.24) is 4.98 Å². The minimum Gasteiger partial charge on any atom is -0.367 e. The molecule has 0 aliphatic rings. The number of nitro groups is 1. The Hall–Kier alpha value is -3.88. The van der Waals surface area contributed by atoms with Crippen molar-refractivity contribution in [3.8, 4) is 0 Å². The Labute approximate surface area is 142 Å². The van der Waals surface area contributed by atoms with Gasteiger partial charge in [-0.05, 0) is 18.2 Å². The van der Waals surface area contributed by atoms with Gasteiger partial charge in [-0.2, -0.15) is 0 Å². The van der Waals surface area contributed by atoms with E-state index in [-0.39, 0.29) is 11.6 Å². The number of anilines is 2. The van der Waals surface area contributed by atoms with Crippen molar-refractivity contribution in [3.05, 3.63) is 64.3 Å². The van der Waals surface area contributed by atoms with E-state index in [9.17, 15) is 10.1 Å². The highest BCUT2D eigenvalue weighted by Gasteiger charge is 2.11. The number of fused-ring (bicyclic) bond motifs is 1. The molecule has 0 aliphatic carbocycles. The molecule has 0 saturated heterocycles. The highest BCUT2D eigenvalue weighted by Crippen LogP contribution is 2.30. The first kappa shape index (κ1) is 16.0. The summed E-state index contributed by atoms with van der Waals surface area (Å²) in [6.07, 6.45) is 1.51. The predicted octanol–water partition coefficient (Wildman–Crippen LogP) is 2.43. The van der Waals surface area contributed by atoms with E-state index in [1.54, 1.807) is 12.1 Å². The molecule has 2 aromatic carbocycles. The maximum Gasteiger partial charge on any atom is 0.269 e. The average Bonchev–Trinajstić information content (AvgIpc) is 2.98. The van der Waals surface area contributed by atoms with E-state index < -0.39 is 4.92 Å².